The maximum Gasteiger partial charge on any atom is 0.155 e. The summed E-state index contributed by atoms with van der Waals surface area (Å²) in [5, 5.41) is 0. The third-order valence-electron chi connectivity index (χ3n) is 2.84. The summed E-state index contributed by atoms with van der Waals surface area (Å²) in [6.45, 7) is 4.31. The van der Waals surface area contributed by atoms with E-state index >= 15 is 0 Å². The molecule has 1 atom stereocenters. The molecule has 1 nitrogen and oxygen atoms in total. The van der Waals surface area contributed by atoms with Gasteiger partial charge in [0.15, 0.2) is 4.18 Å². The fourth-order valence-electron chi connectivity index (χ4n) is 1.96. The molecule has 102 valence electrons. The van der Waals surface area contributed by atoms with Crippen LogP contribution in [0.15, 0.2) is 24.3 Å². The van der Waals surface area contributed by atoms with E-state index in [1.165, 1.54) is 18.5 Å². The third kappa shape index (κ3) is 5.59. The summed E-state index contributed by atoms with van der Waals surface area (Å²) in [6.07, 6.45) is 2.88. The Labute approximate surface area is 137 Å². The van der Waals surface area contributed by atoms with Gasteiger partial charge in [-0.1, -0.05) is 54.1 Å². The van der Waals surface area contributed by atoms with Crippen molar-refractivity contribution in [1.82, 2.24) is 0 Å². The zero-order valence-electron chi connectivity index (χ0n) is 10.7. The predicted octanol–water partition coefficient (Wildman–Crippen LogP) is 5.00. The number of nitrogens with zero attached hydrogens (tertiary/aromatic N) is 1. The van der Waals surface area contributed by atoms with Gasteiger partial charge in [-0.25, -0.2) is 4.39 Å². The van der Waals surface area contributed by atoms with Crippen LogP contribution in [0.3, 0.4) is 0 Å². The number of hydrogen-bond acceptors (Lipinski definition) is 1. The molecule has 0 N–H and O–H groups in total. The first-order chi connectivity index (χ1) is 8.69. The Kier molecular flexibility index (Phi) is 8.54. The van der Waals surface area contributed by atoms with E-state index in [9.17, 15) is 4.39 Å². The Morgan fingerprint density at radius 3 is 2.61 bits per heavy atom. The van der Waals surface area contributed by atoms with Gasteiger partial charge in [-0.15, -0.1) is 0 Å². The molecule has 1 aromatic rings. The molecule has 0 fully saturated rings. The van der Waals surface area contributed by atoms with E-state index in [-0.39, 0.29) is 0 Å². The van der Waals surface area contributed by atoms with Gasteiger partial charge in [-0.05, 0) is 40.6 Å². The highest BCUT2D eigenvalue weighted by molar-refractivity contribution is 14.1. The normalized spacial score (nSPS) is 12.4. The standard InChI is InChI=1S/C14H20FI2N/c1-2-3-9-18(10-8-16)13-7-5-4-6-12(13)11-14(15)17/h4-7,14H,2-3,8-11H2,1H3. The molecule has 0 radical (unpaired) electrons. The van der Waals surface area contributed by atoms with E-state index in [0.717, 1.165) is 23.1 Å². The molecule has 0 saturated heterocycles. The molecule has 0 spiro atoms. The fourth-order valence-corrected chi connectivity index (χ4v) is 3.02. The lowest BCUT2D eigenvalue weighted by Gasteiger charge is -2.26. The summed E-state index contributed by atoms with van der Waals surface area (Å²) in [7, 11) is 0. The zero-order chi connectivity index (χ0) is 13.4. The first kappa shape index (κ1) is 16.5. The highest BCUT2D eigenvalue weighted by Gasteiger charge is 2.12. The second-order valence-electron chi connectivity index (χ2n) is 4.25. The van der Waals surface area contributed by atoms with Crippen LogP contribution in [0, 0.1) is 0 Å². The average molecular weight is 475 g/mol. The second-order valence-corrected chi connectivity index (χ2v) is 6.68. The molecule has 1 aromatic carbocycles. The number of unbranched alkanes of at least 4 members (excludes halogenated alkanes) is 1. The largest absolute Gasteiger partial charge is 0.371 e. The predicted molar refractivity (Wildman–Crippen MR) is 95.1 cm³/mol. The van der Waals surface area contributed by atoms with Crippen LogP contribution >= 0.6 is 45.2 Å². The van der Waals surface area contributed by atoms with Gasteiger partial charge < -0.3 is 4.90 Å². The van der Waals surface area contributed by atoms with Crippen LogP contribution in [0.1, 0.15) is 25.3 Å². The number of para-hydroxylation sites is 1. The van der Waals surface area contributed by atoms with E-state index in [0.29, 0.717) is 6.42 Å². The summed E-state index contributed by atoms with van der Waals surface area (Å²) in [5.41, 5.74) is 2.34. The van der Waals surface area contributed by atoms with E-state index in [1.807, 2.05) is 40.8 Å². The number of rotatable bonds is 8. The molecule has 1 unspecified atom stereocenters. The van der Waals surface area contributed by atoms with Gasteiger partial charge in [-0.3, -0.25) is 0 Å². The van der Waals surface area contributed by atoms with Crippen LogP contribution < -0.4 is 4.90 Å². The van der Waals surface area contributed by atoms with E-state index in [1.54, 1.807) is 0 Å². The maximum absolute atomic E-state index is 13.2. The van der Waals surface area contributed by atoms with Crippen molar-refractivity contribution in [3.8, 4) is 0 Å². The van der Waals surface area contributed by atoms with Gasteiger partial charge in [0.1, 0.15) is 0 Å². The van der Waals surface area contributed by atoms with E-state index < -0.39 is 4.18 Å². The maximum atomic E-state index is 13.2. The average Bonchev–Trinajstić information content (AvgIpc) is 2.35. The van der Waals surface area contributed by atoms with Crippen molar-refractivity contribution in [1.29, 1.82) is 0 Å². The van der Waals surface area contributed by atoms with Crippen molar-refractivity contribution in [3.05, 3.63) is 29.8 Å². The molecule has 18 heavy (non-hydrogen) atoms. The summed E-state index contributed by atoms with van der Waals surface area (Å²) in [6, 6.07) is 8.22. The van der Waals surface area contributed by atoms with Gasteiger partial charge in [0.05, 0.1) is 0 Å². The summed E-state index contributed by atoms with van der Waals surface area (Å²) in [5.74, 6) is 0. The number of hydrogen-bond donors (Lipinski definition) is 0. The van der Waals surface area contributed by atoms with Crippen LogP contribution in [-0.2, 0) is 6.42 Å². The quantitative estimate of drug-likeness (QED) is 0.378. The SMILES string of the molecule is CCCCN(CCI)c1ccccc1CC(F)I. The smallest absolute Gasteiger partial charge is 0.155 e. The molecule has 0 bridgehead atoms. The first-order valence-electron chi connectivity index (χ1n) is 6.36. The van der Waals surface area contributed by atoms with Gasteiger partial charge in [0.25, 0.3) is 0 Å². The molecule has 0 aromatic heterocycles. The Morgan fingerprint density at radius 1 is 1.28 bits per heavy atom. The summed E-state index contributed by atoms with van der Waals surface area (Å²) >= 11 is 4.25. The van der Waals surface area contributed by atoms with Crippen molar-refractivity contribution in [3.63, 3.8) is 0 Å². The number of halogens is 3. The molecule has 0 amide bonds. The second kappa shape index (κ2) is 9.34. The Hall–Kier alpha value is 0.410. The van der Waals surface area contributed by atoms with Crippen molar-refractivity contribution >= 4 is 50.9 Å². The molecular formula is C14H20FI2N. The van der Waals surface area contributed by atoms with Crippen molar-refractivity contribution in [2.75, 3.05) is 22.4 Å². The minimum atomic E-state index is -0.809. The Morgan fingerprint density at radius 2 is 2.00 bits per heavy atom. The lowest BCUT2D eigenvalue weighted by atomic mass is 10.1. The van der Waals surface area contributed by atoms with Crippen LogP contribution in [0.5, 0.6) is 0 Å². The molecule has 0 aliphatic rings. The highest BCUT2D eigenvalue weighted by Crippen LogP contribution is 2.24. The first-order valence-corrected chi connectivity index (χ1v) is 9.13. The van der Waals surface area contributed by atoms with Gasteiger partial charge in [-0.2, -0.15) is 0 Å². The molecule has 4 heteroatoms. The van der Waals surface area contributed by atoms with E-state index in [2.05, 4.69) is 40.5 Å². The van der Waals surface area contributed by atoms with Crippen LogP contribution in [0.4, 0.5) is 10.1 Å². The number of alkyl halides is 3. The Balaban J connectivity index is 2.87. The van der Waals surface area contributed by atoms with E-state index in [4.69, 9.17) is 0 Å². The van der Waals surface area contributed by atoms with Crippen molar-refractivity contribution < 1.29 is 4.39 Å². The lowest BCUT2D eigenvalue weighted by molar-refractivity contribution is 0.471. The van der Waals surface area contributed by atoms with Crippen molar-refractivity contribution in [2.24, 2.45) is 0 Å². The Bertz CT molecular complexity index is 344. The monoisotopic (exact) mass is 475 g/mol. The fraction of sp³-hybridized carbons (Fsp3) is 0.571. The summed E-state index contributed by atoms with van der Waals surface area (Å²) in [4.78, 5) is 2.39. The number of anilines is 1. The van der Waals surface area contributed by atoms with Crippen LogP contribution in [0.25, 0.3) is 0 Å². The molecule has 0 saturated carbocycles. The molecule has 0 heterocycles. The third-order valence-corrected chi connectivity index (χ3v) is 3.77. The minimum Gasteiger partial charge on any atom is -0.371 e. The minimum absolute atomic E-state index is 0.501. The molecule has 1 rings (SSSR count). The number of benzene rings is 1. The molecule has 0 aliphatic heterocycles. The topological polar surface area (TPSA) is 3.24 Å². The van der Waals surface area contributed by atoms with Crippen molar-refractivity contribution in [2.45, 2.75) is 30.4 Å². The van der Waals surface area contributed by atoms with Gasteiger partial charge in [0, 0.05) is 29.6 Å². The van der Waals surface area contributed by atoms with Crippen LogP contribution in [-0.4, -0.2) is 21.7 Å². The molecule has 0 aliphatic carbocycles. The summed E-state index contributed by atoms with van der Waals surface area (Å²) < 4.78 is 13.5. The molecular weight excluding hydrogens is 455 g/mol. The van der Waals surface area contributed by atoms with Gasteiger partial charge >= 0.3 is 0 Å². The zero-order valence-corrected chi connectivity index (χ0v) is 15.0. The van der Waals surface area contributed by atoms with Crippen LogP contribution in [0.2, 0.25) is 0 Å². The lowest BCUT2D eigenvalue weighted by Crippen LogP contribution is -2.27. The van der Waals surface area contributed by atoms with Gasteiger partial charge in [0.2, 0.25) is 0 Å². The highest BCUT2D eigenvalue weighted by atomic mass is 127.